The van der Waals surface area contributed by atoms with Crippen molar-refractivity contribution < 1.29 is 0 Å². The van der Waals surface area contributed by atoms with Crippen molar-refractivity contribution in [1.29, 1.82) is 0 Å². The van der Waals surface area contributed by atoms with E-state index in [0.717, 1.165) is 11.5 Å². The highest BCUT2D eigenvalue weighted by Gasteiger charge is 2.11. The minimum atomic E-state index is 0.884. The molecule has 2 aromatic carbocycles. The Bertz CT molecular complexity index is 533. The van der Waals surface area contributed by atoms with Gasteiger partial charge in [-0.15, -0.1) is 0 Å². The van der Waals surface area contributed by atoms with Crippen molar-refractivity contribution in [3.63, 3.8) is 0 Å². The third-order valence-electron chi connectivity index (χ3n) is 2.75. The zero-order valence-electron chi connectivity index (χ0n) is 7.63. The summed E-state index contributed by atoms with van der Waals surface area (Å²) in [5, 5.41) is 3.49. The fourth-order valence-electron chi connectivity index (χ4n) is 2.10. The van der Waals surface area contributed by atoms with E-state index in [1.807, 2.05) is 0 Å². The Labute approximate surface area is 87.8 Å². The first kappa shape index (κ1) is 8.07. The van der Waals surface area contributed by atoms with E-state index in [9.17, 15) is 0 Å². The summed E-state index contributed by atoms with van der Waals surface area (Å²) >= 11 is 6.18. The monoisotopic (exact) mass is 200 g/mol. The van der Waals surface area contributed by atoms with Crippen molar-refractivity contribution in [3.8, 4) is 0 Å². The lowest BCUT2D eigenvalue weighted by Crippen LogP contribution is -1.94. The van der Waals surface area contributed by atoms with Crippen LogP contribution in [0.4, 0.5) is 0 Å². The van der Waals surface area contributed by atoms with Gasteiger partial charge in [0, 0.05) is 10.6 Å². The molecule has 2 aromatic rings. The third-order valence-corrected chi connectivity index (χ3v) is 3.11. The fourth-order valence-corrected chi connectivity index (χ4v) is 2.33. The molecule has 1 aliphatic rings. The van der Waals surface area contributed by atoms with Gasteiger partial charge in [-0.2, -0.15) is 0 Å². The molecule has 0 saturated heterocycles. The average molecular weight is 201 g/mol. The van der Waals surface area contributed by atoms with Crippen molar-refractivity contribution in [1.82, 2.24) is 0 Å². The minimum absolute atomic E-state index is 0.884. The van der Waals surface area contributed by atoms with Gasteiger partial charge in [0.05, 0.1) is 0 Å². The van der Waals surface area contributed by atoms with Crippen molar-refractivity contribution in [2.45, 2.75) is 6.42 Å². The van der Waals surface area contributed by atoms with E-state index in [-0.39, 0.29) is 0 Å². The van der Waals surface area contributed by atoms with Gasteiger partial charge in [-0.1, -0.05) is 54.1 Å². The van der Waals surface area contributed by atoms with Crippen LogP contribution in [0, 0.1) is 0 Å². The van der Waals surface area contributed by atoms with Crippen molar-refractivity contribution >= 4 is 27.4 Å². The highest BCUT2D eigenvalue weighted by Crippen LogP contribution is 2.34. The molecule has 0 N–H and O–H groups in total. The molecule has 0 atom stereocenters. The van der Waals surface area contributed by atoms with Gasteiger partial charge in [0.25, 0.3) is 0 Å². The quantitative estimate of drug-likeness (QED) is 0.604. The topological polar surface area (TPSA) is 0 Å². The average Bonchev–Trinajstić information content (AvgIpc) is 2.24. The van der Waals surface area contributed by atoms with Gasteiger partial charge < -0.3 is 0 Å². The molecular formula is C13H9Cl. The summed E-state index contributed by atoms with van der Waals surface area (Å²) in [6, 6.07) is 12.7. The van der Waals surface area contributed by atoms with Gasteiger partial charge in [-0.25, -0.2) is 0 Å². The van der Waals surface area contributed by atoms with Crippen molar-refractivity contribution in [3.05, 3.63) is 53.6 Å². The summed E-state index contributed by atoms with van der Waals surface area (Å²) in [5.74, 6) is 0. The van der Waals surface area contributed by atoms with Gasteiger partial charge in [0.15, 0.2) is 0 Å². The van der Waals surface area contributed by atoms with Gasteiger partial charge in [0.1, 0.15) is 0 Å². The van der Waals surface area contributed by atoms with Crippen LogP contribution in [-0.2, 0) is 6.42 Å². The van der Waals surface area contributed by atoms with Gasteiger partial charge in [0.2, 0.25) is 0 Å². The summed E-state index contributed by atoms with van der Waals surface area (Å²) in [7, 11) is 0. The molecule has 0 radical (unpaired) electrons. The Balaban J connectivity index is 2.52. The Morgan fingerprint density at radius 1 is 1.00 bits per heavy atom. The molecule has 0 heterocycles. The maximum atomic E-state index is 6.18. The second kappa shape index (κ2) is 2.86. The molecule has 0 fully saturated rings. The Kier molecular flexibility index (Phi) is 1.65. The standard InChI is InChI=1S/C13H9Cl/c14-12-8-7-10-4-1-3-9-5-2-6-11(12)13(9)10/h1-6,8H,7H2. The lowest BCUT2D eigenvalue weighted by Gasteiger charge is -2.14. The van der Waals surface area contributed by atoms with Crippen LogP contribution in [0.5, 0.6) is 0 Å². The molecule has 68 valence electrons. The molecule has 0 aromatic heterocycles. The Morgan fingerprint density at radius 3 is 2.64 bits per heavy atom. The van der Waals surface area contributed by atoms with Crippen LogP contribution in [0.1, 0.15) is 11.1 Å². The Morgan fingerprint density at radius 2 is 1.79 bits per heavy atom. The number of rotatable bonds is 0. The first-order valence-corrected chi connectivity index (χ1v) is 5.11. The molecule has 1 heteroatoms. The smallest absolute Gasteiger partial charge is 0.0448 e. The van der Waals surface area contributed by atoms with E-state index < -0.39 is 0 Å². The molecule has 1 aliphatic carbocycles. The molecule has 0 aliphatic heterocycles. The Hall–Kier alpha value is -1.27. The van der Waals surface area contributed by atoms with E-state index in [1.54, 1.807) is 0 Å². The predicted octanol–water partition coefficient (Wildman–Crippen LogP) is 3.98. The maximum absolute atomic E-state index is 6.18. The second-order valence-electron chi connectivity index (χ2n) is 3.58. The van der Waals surface area contributed by atoms with E-state index in [2.05, 4.69) is 42.5 Å². The molecule has 3 rings (SSSR count). The normalized spacial score (nSPS) is 14.2. The van der Waals surface area contributed by atoms with Crippen LogP contribution in [0.25, 0.3) is 15.8 Å². The van der Waals surface area contributed by atoms with Crippen molar-refractivity contribution in [2.24, 2.45) is 0 Å². The molecule has 0 saturated carbocycles. The summed E-state index contributed by atoms with van der Waals surface area (Å²) in [6.45, 7) is 0. The van der Waals surface area contributed by atoms with Crippen LogP contribution in [0.15, 0.2) is 42.5 Å². The zero-order valence-corrected chi connectivity index (χ0v) is 8.38. The van der Waals surface area contributed by atoms with Crippen LogP contribution in [0.2, 0.25) is 0 Å². The van der Waals surface area contributed by atoms with Gasteiger partial charge >= 0.3 is 0 Å². The fraction of sp³-hybridized carbons (Fsp3) is 0.0769. The second-order valence-corrected chi connectivity index (χ2v) is 3.98. The van der Waals surface area contributed by atoms with Gasteiger partial charge in [-0.05, 0) is 22.8 Å². The first-order valence-electron chi connectivity index (χ1n) is 4.73. The van der Waals surface area contributed by atoms with Crippen molar-refractivity contribution in [2.75, 3.05) is 0 Å². The van der Waals surface area contributed by atoms with Crippen LogP contribution >= 0.6 is 11.6 Å². The zero-order chi connectivity index (χ0) is 9.54. The summed E-state index contributed by atoms with van der Waals surface area (Å²) < 4.78 is 0. The predicted molar refractivity (Wildman–Crippen MR) is 61.5 cm³/mol. The van der Waals surface area contributed by atoms with Crippen LogP contribution < -0.4 is 0 Å². The molecule has 0 bridgehead atoms. The van der Waals surface area contributed by atoms with E-state index in [0.29, 0.717) is 0 Å². The van der Waals surface area contributed by atoms with E-state index >= 15 is 0 Å². The number of allylic oxidation sites excluding steroid dienone is 1. The van der Waals surface area contributed by atoms with E-state index in [4.69, 9.17) is 11.6 Å². The number of benzene rings is 2. The summed E-state index contributed by atoms with van der Waals surface area (Å²) in [5.41, 5.74) is 2.55. The number of halogens is 1. The molecule has 0 nitrogen and oxygen atoms in total. The summed E-state index contributed by atoms with van der Waals surface area (Å²) in [4.78, 5) is 0. The molecule has 0 amide bonds. The lowest BCUT2D eigenvalue weighted by molar-refractivity contribution is 1.29. The molecule has 0 unspecified atom stereocenters. The SMILES string of the molecule is ClC1=CCc2cccc3cccc1c23. The number of hydrogen-bond donors (Lipinski definition) is 0. The third kappa shape index (κ3) is 1.01. The highest BCUT2D eigenvalue weighted by molar-refractivity contribution is 6.50. The van der Waals surface area contributed by atoms with Crippen LogP contribution in [-0.4, -0.2) is 0 Å². The molecular weight excluding hydrogens is 192 g/mol. The van der Waals surface area contributed by atoms with Gasteiger partial charge in [-0.3, -0.25) is 0 Å². The number of hydrogen-bond acceptors (Lipinski definition) is 0. The molecule has 0 spiro atoms. The minimum Gasteiger partial charge on any atom is -0.0840 e. The largest absolute Gasteiger partial charge is 0.0840 e. The molecule has 14 heavy (non-hydrogen) atoms. The summed E-state index contributed by atoms with van der Waals surface area (Å²) in [6.07, 6.45) is 3.03. The highest BCUT2D eigenvalue weighted by atomic mass is 35.5. The first-order chi connectivity index (χ1) is 6.86. The maximum Gasteiger partial charge on any atom is 0.0448 e. The van der Waals surface area contributed by atoms with E-state index in [1.165, 1.54) is 21.9 Å². The van der Waals surface area contributed by atoms with Crippen LogP contribution in [0.3, 0.4) is 0 Å². The lowest BCUT2D eigenvalue weighted by atomic mass is 9.93.